The van der Waals surface area contributed by atoms with Crippen molar-refractivity contribution < 1.29 is 5.11 Å². The van der Waals surface area contributed by atoms with Crippen LogP contribution in [0.4, 0.5) is 0 Å². The Morgan fingerprint density at radius 2 is 1.62 bits per heavy atom. The molecule has 0 amide bonds. The highest BCUT2D eigenvalue weighted by atomic mass is 32.2. The van der Waals surface area contributed by atoms with Crippen LogP contribution in [0.5, 0.6) is 5.75 Å². The molecule has 0 aliphatic rings. The minimum atomic E-state index is 0.377. The van der Waals surface area contributed by atoms with Gasteiger partial charge in [-0.25, -0.2) is 0 Å². The number of hydrogen-bond donors (Lipinski definition) is 1. The van der Waals surface area contributed by atoms with Gasteiger partial charge in [0.05, 0.1) is 0 Å². The van der Waals surface area contributed by atoms with E-state index in [1.54, 1.807) is 0 Å². The fraction of sp³-hybridized carbons (Fsp3) is 0.158. The summed E-state index contributed by atoms with van der Waals surface area (Å²) in [7, 11) is 0. The van der Waals surface area contributed by atoms with Crippen LogP contribution in [-0.4, -0.2) is 5.11 Å². The third kappa shape index (κ3) is 3.06. The number of hydrogen-bond acceptors (Lipinski definition) is 2. The van der Waals surface area contributed by atoms with E-state index in [0.717, 1.165) is 16.9 Å². The zero-order chi connectivity index (χ0) is 14.8. The summed E-state index contributed by atoms with van der Waals surface area (Å²) < 4.78 is 0. The summed E-state index contributed by atoms with van der Waals surface area (Å²) >= 11 is 1.82. The SMILES string of the molecule is Cc1cc(SCc2ccc3ccccc3c2)c(C)cc1O. The quantitative estimate of drug-likeness (QED) is 0.648. The van der Waals surface area contributed by atoms with E-state index in [4.69, 9.17) is 0 Å². The lowest BCUT2D eigenvalue weighted by Crippen LogP contribution is -1.86. The van der Waals surface area contributed by atoms with Gasteiger partial charge in [-0.1, -0.05) is 42.5 Å². The first-order valence-corrected chi connectivity index (χ1v) is 8.03. The van der Waals surface area contributed by atoms with Crippen molar-refractivity contribution in [3.63, 3.8) is 0 Å². The second kappa shape index (κ2) is 5.82. The number of fused-ring (bicyclic) bond motifs is 1. The second-order valence-electron chi connectivity index (χ2n) is 5.37. The molecule has 0 saturated carbocycles. The molecule has 21 heavy (non-hydrogen) atoms. The van der Waals surface area contributed by atoms with Crippen LogP contribution in [0, 0.1) is 13.8 Å². The van der Waals surface area contributed by atoms with E-state index in [-0.39, 0.29) is 0 Å². The molecule has 3 aromatic carbocycles. The molecule has 0 heterocycles. The van der Waals surface area contributed by atoms with Crippen molar-refractivity contribution in [2.24, 2.45) is 0 Å². The smallest absolute Gasteiger partial charge is 0.118 e. The summed E-state index contributed by atoms with van der Waals surface area (Å²) in [6.45, 7) is 3.98. The summed E-state index contributed by atoms with van der Waals surface area (Å²) in [5, 5.41) is 12.3. The molecule has 1 nitrogen and oxygen atoms in total. The Kier molecular flexibility index (Phi) is 3.89. The lowest BCUT2D eigenvalue weighted by molar-refractivity contribution is 0.470. The Hall–Kier alpha value is -1.93. The molecule has 0 bridgehead atoms. The summed E-state index contributed by atoms with van der Waals surface area (Å²) in [6.07, 6.45) is 0. The van der Waals surface area contributed by atoms with Gasteiger partial charge in [0.15, 0.2) is 0 Å². The van der Waals surface area contributed by atoms with Crippen LogP contribution < -0.4 is 0 Å². The Labute approximate surface area is 129 Å². The van der Waals surface area contributed by atoms with E-state index in [9.17, 15) is 5.11 Å². The largest absolute Gasteiger partial charge is 0.508 e. The van der Waals surface area contributed by atoms with Crippen molar-refractivity contribution in [2.45, 2.75) is 24.5 Å². The van der Waals surface area contributed by atoms with Crippen LogP contribution in [0.2, 0.25) is 0 Å². The van der Waals surface area contributed by atoms with Gasteiger partial charge in [-0.15, -0.1) is 11.8 Å². The molecule has 3 rings (SSSR count). The zero-order valence-corrected chi connectivity index (χ0v) is 13.1. The van der Waals surface area contributed by atoms with Crippen molar-refractivity contribution in [2.75, 3.05) is 0 Å². The predicted molar refractivity (Wildman–Crippen MR) is 91.1 cm³/mol. The summed E-state index contributed by atoms with van der Waals surface area (Å²) in [5.74, 6) is 1.32. The number of aryl methyl sites for hydroxylation is 2. The first kappa shape index (κ1) is 14.0. The van der Waals surface area contributed by atoms with Crippen molar-refractivity contribution in [3.05, 3.63) is 71.3 Å². The highest BCUT2D eigenvalue weighted by molar-refractivity contribution is 7.98. The van der Waals surface area contributed by atoms with Gasteiger partial charge in [-0.05, 0) is 53.4 Å². The van der Waals surface area contributed by atoms with Crippen LogP contribution in [0.15, 0.2) is 59.5 Å². The van der Waals surface area contributed by atoms with Gasteiger partial charge in [-0.3, -0.25) is 0 Å². The van der Waals surface area contributed by atoms with Gasteiger partial charge < -0.3 is 5.11 Å². The molecule has 3 aromatic rings. The highest BCUT2D eigenvalue weighted by Gasteiger charge is 2.05. The van der Waals surface area contributed by atoms with Gasteiger partial charge in [-0.2, -0.15) is 0 Å². The van der Waals surface area contributed by atoms with E-state index >= 15 is 0 Å². The Morgan fingerprint density at radius 1 is 0.857 bits per heavy atom. The predicted octanol–water partition coefficient (Wildman–Crippen LogP) is 5.45. The van der Waals surface area contributed by atoms with Crippen LogP contribution in [0.3, 0.4) is 0 Å². The van der Waals surface area contributed by atoms with Crippen LogP contribution in [0.25, 0.3) is 10.8 Å². The summed E-state index contributed by atoms with van der Waals surface area (Å²) in [6, 6.07) is 19.0. The van der Waals surface area contributed by atoms with Crippen LogP contribution in [-0.2, 0) is 5.75 Å². The van der Waals surface area contributed by atoms with Gasteiger partial charge in [0, 0.05) is 10.6 Å². The number of phenols is 1. The van der Waals surface area contributed by atoms with Gasteiger partial charge in [0.1, 0.15) is 5.75 Å². The standard InChI is InChI=1S/C19H18OS/c1-13-10-19(14(2)9-18(13)20)21-12-15-7-8-16-5-3-4-6-17(16)11-15/h3-11,20H,12H2,1-2H3. The van der Waals surface area contributed by atoms with Gasteiger partial charge >= 0.3 is 0 Å². The van der Waals surface area contributed by atoms with E-state index in [1.807, 2.05) is 31.7 Å². The molecule has 0 radical (unpaired) electrons. The third-order valence-corrected chi connectivity index (χ3v) is 4.93. The zero-order valence-electron chi connectivity index (χ0n) is 12.3. The van der Waals surface area contributed by atoms with Gasteiger partial charge in [0.2, 0.25) is 0 Å². The van der Waals surface area contributed by atoms with E-state index in [0.29, 0.717) is 5.75 Å². The molecule has 0 aliphatic carbocycles. The fourth-order valence-corrected chi connectivity index (χ4v) is 3.47. The lowest BCUT2D eigenvalue weighted by atomic mass is 10.1. The summed E-state index contributed by atoms with van der Waals surface area (Å²) in [5.41, 5.74) is 3.38. The van der Waals surface area contributed by atoms with Crippen molar-refractivity contribution in [3.8, 4) is 5.75 Å². The van der Waals surface area contributed by atoms with Gasteiger partial charge in [0.25, 0.3) is 0 Å². The molecule has 0 unspecified atom stereocenters. The van der Waals surface area contributed by atoms with Crippen molar-refractivity contribution >= 4 is 22.5 Å². The second-order valence-corrected chi connectivity index (χ2v) is 6.39. The molecule has 106 valence electrons. The Balaban J connectivity index is 1.81. The normalized spacial score (nSPS) is 11.0. The molecule has 0 fully saturated rings. The highest BCUT2D eigenvalue weighted by Crippen LogP contribution is 2.31. The maximum Gasteiger partial charge on any atom is 0.118 e. The number of aromatic hydroxyl groups is 1. The van der Waals surface area contributed by atoms with Crippen LogP contribution in [0.1, 0.15) is 16.7 Å². The monoisotopic (exact) mass is 294 g/mol. The van der Waals surface area contributed by atoms with E-state index in [1.165, 1.54) is 21.2 Å². The molecule has 0 atom stereocenters. The Bertz CT molecular complexity index is 793. The third-order valence-electron chi connectivity index (χ3n) is 3.70. The number of thioether (sulfide) groups is 1. The van der Waals surface area contributed by atoms with Crippen LogP contribution >= 0.6 is 11.8 Å². The minimum Gasteiger partial charge on any atom is -0.508 e. The summed E-state index contributed by atoms with van der Waals surface area (Å²) in [4.78, 5) is 1.23. The number of rotatable bonds is 3. The number of phenolic OH excluding ortho intramolecular Hbond substituents is 1. The fourth-order valence-electron chi connectivity index (χ4n) is 2.42. The molecule has 0 aliphatic heterocycles. The maximum atomic E-state index is 9.72. The molecule has 0 aromatic heterocycles. The van der Waals surface area contributed by atoms with Crippen molar-refractivity contribution in [1.82, 2.24) is 0 Å². The average Bonchev–Trinajstić information content (AvgIpc) is 2.49. The lowest BCUT2D eigenvalue weighted by Gasteiger charge is -2.09. The van der Waals surface area contributed by atoms with E-state index < -0.39 is 0 Å². The topological polar surface area (TPSA) is 20.2 Å². The molecule has 0 spiro atoms. The maximum absolute atomic E-state index is 9.72. The molecule has 0 saturated heterocycles. The average molecular weight is 294 g/mol. The Morgan fingerprint density at radius 3 is 2.43 bits per heavy atom. The number of benzene rings is 3. The molecular weight excluding hydrogens is 276 g/mol. The van der Waals surface area contributed by atoms with E-state index in [2.05, 4.69) is 48.5 Å². The first-order valence-electron chi connectivity index (χ1n) is 7.04. The first-order chi connectivity index (χ1) is 10.1. The molecule has 2 heteroatoms. The molecular formula is C19H18OS. The molecule has 1 N–H and O–H groups in total. The minimum absolute atomic E-state index is 0.377. The van der Waals surface area contributed by atoms with Crippen molar-refractivity contribution in [1.29, 1.82) is 0 Å².